The molecule has 0 heterocycles. The zero-order valence-corrected chi connectivity index (χ0v) is 9.22. The summed E-state index contributed by atoms with van der Waals surface area (Å²) in [6.07, 6.45) is 4.27. The van der Waals surface area contributed by atoms with Gasteiger partial charge in [0.05, 0.1) is 12.5 Å². The van der Waals surface area contributed by atoms with Crippen LogP contribution in [-0.4, -0.2) is 12.6 Å². The van der Waals surface area contributed by atoms with Gasteiger partial charge in [-0.3, -0.25) is 4.79 Å². The van der Waals surface area contributed by atoms with Crippen LogP contribution in [0, 0.1) is 11.8 Å². The third-order valence-electron chi connectivity index (χ3n) is 3.49. The van der Waals surface area contributed by atoms with Gasteiger partial charge in [-0.15, -0.1) is 0 Å². The third-order valence-corrected chi connectivity index (χ3v) is 3.49. The summed E-state index contributed by atoms with van der Waals surface area (Å²) in [6, 6.07) is 8.29. The first-order chi connectivity index (χ1) is 7.83. The molecule has 0 aromatic heterocycles. The predicted octanol–water partition coefficient (Wildman–Crippen LogP) is 2.61. The Bertz CT molecular complexity index is 462. The molecule has 0 spiro atoms. The first-order valence-electron chi connectivity index (χ1n) is 5.76. The van der Waals surface area contributed by atoms with Crippen molar-refractivity contribution in [2.45, 2.75) is 12.8 Å². The van der Waals surface area contributed by atoms with Crippen molar-refractivity contribution in [3.05, 3.63) is 41.5 Å². The van der Waals surface area contributed by atoms with Gasteiger partial charge in [-0.2, -0.15) is 0 Å². The summed E-state index contributed by atoms with van der Waals surface area (Å²) in [4.78, 5) is 11.7. The maximum atomic E-state index is 11.7. The minimum atomic E-state index is -0.0427. The van der Waals surface area contributed by atoms with Gasteiger partial charge in [-0.1, -0.05) is 36.4 Å². The lowest BCUT2D eigenvalue weighted by molar-refractivity contribution is -0.145. The highest BCUT2D eigenvalue weighted by atomic mass is 16.5. The van der Waals surface area contributed by atoms with Gasteiger partial charge in [0.2, 0.25) is 0 Å². The Balaban J connectivity index is 1.89. The van der Waals surface area contributed by atoms with Crippen LogP contribution in [0.2, 0.25) is 0 Å². The summed E-state index contributed by atoms with van der Waals surface area (Å²) in [5.41, 5.74) is 2.55. The molecule has 1 saturated carbocycles. The summed E-state index contributed by atoms with van der Waals surface area (Å²) >= 11 is 0. The van der Waals surface area contributed by atoms with Crippen LogP contribution >= 0.6 is 0 Å². The van der Waals surface area contributed by atoms with E-state index in [0.29, 0.717) is 18.4 Å². The molecule has 0 amide bonds. The Kier molecular flexibility index (Phi) is 2.10. The monoisotopic (exact) mass is 214 g/mol. The van der Waals surface area contributed by atoms with Gasteiger partial charge in [0.15, 0.2) is 0 Å². The molecular formula is C14H14O2. The number of hydrogen-bond acceptors (Lipinski definition) is 2. The van der Waals surface area contributed by atoms with Crippen LogP contribution < -0.4 is 0 Å². The van der Waals surface area contributed by atoms with Gasteiger partial charge >= 0.3 is 5.97 Å². The predicted molar refractivity (Wildman–Crippen MR) is 61.8 cm³/mol. The van der Waals surface area contributed by atoms with Crippen molar-refractivity contribution in [3.8, 4) is 0 Å². The summed E-state index contributed by atoms with van der Waals surface area (Å²) in [5.74, 6) is 0.743. The number of carbonyl (C=O) groups is 1. The third kappa shape index (κ3) is 1.29. The zero-order chi connectivity index (χ0) is 11.1. The molecule has 3 rings (SSSR count). The van der Waals surface area contributed by atoms with E-state index in [2.05, 4.69) is 24.3 Å². The Morgan fingerprint density at radius 1 is 1.38 bits per heavy atom. The Morgan fingerprint density at radius 3 is 3.00 bits per heavy atom. The van der Waals surface area contributed by atoms with E-state index >= 15 is 0 Å². The summed E-state index contributed by atoms with van der Waals surface area (Å²) in [5, 5.41) is 0. The molecule has 2 aliphatic rings. The lowest BCUT2D eigenvalue weighted by Gasteiger charge is -2.07. The van der Waals surface area contributed by atoms with E-state index in [9.17, 15) is 4.79 Å². The quantitative estimate of drug-likeness (QED) is 0.707. The molecule has 16 heavy (non-hydrogen) atoms. The first kappa shape index (κ1) is 9.64. The first-order valence-corrected chi connectivity index (χ1v) is 5.76. The molecule has 1 aromatic carbocycles. The van der Waals surface area contributed by atoms with Crippen LogP contribution in [-0.2, 0) is 9.53 Å². The second-order valence-electron chi connectivity index (χ2n) is 4.37. The smallest absolute Gasteiger partial charge is 0.310 e. The molecule has 0 N–H and O–H groups in total. The fourth-order valence-electron chi connectivity index (χ4n) is 2.70. The van der Waals surface area contributed by atoms with E-state index in [-0.39, 0.29) is 11.9 Å². The molecule has 0 bridgehead atoms. The van der Waals surface area contributed by atoms with Crippen molar-refractivity contribution in [2.75, 3.05) is 6.61 Å². The summed E-state index contributed by atoms with van der Waals surface area (Å²) in [7, 11) is 0. The molecule has 0 aliphatic heterocycles. The van der Waals surface area contributed by atoms with Crippen LogP contribution in [0.5, 0.6) is 0 Å². The fourth-order valence-corrected chi connectivity index (χ4v) is 2.70. The normalized spacial score (nSPS) is 29.2. The lowest BCUT2D eigenvalue weighted by atomic mass is 9.97. The highest BCUT2D eigenvalue weighted by Gasteiger charge is 2.56. The number of esters is 1. The van der Waals surface area contributed by atoms with Gasteiger partial charge in [-0.25, -0.2) is 0 Å². The van der Waals surface area contributed by atoms with Crippen LogP contribution in [0.25, 0.3) is 6.08 Å². The zero-order valence-electron chi connectivity index (χ0n) is 9.22. The molecule has 0 saturated heterocycles. The summed E-state index contributed by atoms with van der Waals surface area (Å²) in [6.45, 7) is 2.33. The van der Waals surface area contributed by atoms with Crippen molar-refractivity contribution in [1.82, 2.24) is 0 Å². The molecule has 2 aliphatic carbocycles. The Morgan fingerprint density at radius 2 is 2.19 bits per heavy atom. The van der Waals surface area contributed by atoms with Crippen LogP contribution in [0.1, 0.15) is 24.0 Å². The maximum Gasteiger partial charge on any atom is 0.310 e. The minimum Gasteiger partial charge on any atom is -0.466 e. The van der Waals surface area contributed by atoms with Crippen molar-refractivity contribution in [2.24, 2.45) is 11.8 Å². The number of hydrogen-bond donors (Lipinski definition) is 0. The maximum absolute atomic E-state index is 11.7. The van der Waals surface area contributed by atoms with E-state index in [4.69, 9.17) is 4.74 Å². The van der Waals surface area contributed by atoms with Gasteiger partial charge in [0.1, 0.15) is 0 Å². The van der Waals surface area contributed by atoms with Gasteiger partial charge in [0.25, 0.3) is 0 Å². The Labute approximate surface area is 94.9 Å². The lowest BCUT2D eigenvalue weighted by Crippen LogP contribution is -2.07. The molecule has 3 unspecified atom stereocenters. The molecule has 1 fully saturated rings. The largest absolute Gasteiger partial charge is 0.466 e. The highest BCUT2D eigenvalue weighted by Crippen LogP contribution is 2.58. The number of benzene rings is 1. The average molecular weight is 214 g/mol. The Hall–Kier alpha value is -1.57. The molecule has 0 radical (unpaired) electrons. The van der Waals surface area contributed by atoms with Crippen molar-refractivity contribution >= 4 is 12.0 Å². The van der Waals surface area contributed by atoms with Gasteiger partial charge in [-0.05, 0) is 24.0 Å². The second-order valence-corrected chi connectivity index (χ2v) is 4.37. The van der Waals surface area contributed by atoms with Gasteiger partial charge < -0.3 is 4.74 Å². The van der Waals surface area contributed by atoms with E-state index in [1.807, 2.05) is 19.1 Å². The molecule has 82 valence electrons. The number of rotatable bonds is 2. The number of carbonyl (C=O) groups excluding carboxylic acids is 1. The average Bonchev–Trinajstić information content (AvgIpc) is 3.04. The van der Waals surface area contributed by atoms with E-state index in [0.717, 1.165) is 0 Å². The van der Waals surface area contributed by atoms with E-state index in [1.54, 1.807) is 0 Å². The van der Waals surface area contributed by atoms with Crippen molar-refractivity contribution < 1.29 is 9.53 Å². The number of ether oxygens (including phenoxy) is 1. The van der Waals surface area contributed by atoms with E-state index in [1.165, 1.54) is 11.1 Å². The van der Waals surface area contributed by atoms with Crippen LogP contribution in [0.15, 0.2) is 30.3 Å². The van der Waals surface area contributed by atoms with Crippen LogP contribution in [0.3, 0.4) is 0 Å². The molecule has 2 nitrogen and oxygen atoms in total. The highest BCUT2D eigenvalue weighted by molar-refractivity contribution is 5.81. The topological polar surface area (TPSA) is 26.3 Å². The van der Waals surface area contributed by atoms with Crippen molar-refractivity contribution in [3.63, 3.8) is 0 Å². The minimum absolute atomic E-state index is 0.0427. The molecule has 1 aromatic rings. The fraction of sp³-hybridized carbons (Fsp3) is 0.357. The molecule has 2 heteroatoms. The van der Waals surface area contributed by atoms with Gasteiger partial charge in [0, 0.05) is 5.92 Å². The van der Waals surface area contributed by atoms with Crippen molar-refractivity contribution in [1.29, 1.82) is 0 Å². The SMILES string of the molecule is CCOC(=O)C1C2C=Cc3ccccc3C21. The second kappa shape index (κ2) is 3.48. The number of fused-ring (bicyclic) bond motifs is 3. The standard InChI is InChI=1S/C14H14O2/c1-2-16-14(15)13-11-8-7-9-5-3-4-6-10(9)12(11)13/h3-8,11-13H,2H2,1H3. The number of allylic oxidation sites excluding steroid dienone is 1. The summed E-state index contributed by atoms with van der Waals surface area (Å²) < 4.78 is 5.10. The van der Waals surface area contributed by atoms with E-state index < -0.39 is 0 Å². The molecule has 3 atom stereocenters. The van der Waals surface area contributed by atoms with Crippen LogP contribution in [0.4, 0.5) is 0 Å². The molecular weight excluding hydrogens is 200 g/mol.